The van der Waals surface area contributed by atoms with Crippen molar-refractivity contribution < 1.29 is 23.9 Å². The van der Waals surface area contributed by atoms with E-state index in [1.807, 2.05) is 0 Å². The van der Waals surface area contributed by atoms with E-state index in [-0.39, 0.29) is 5.70 Å². The fourth-order valence-corrected chi connectivity index (χ4v) is 2.49. The molecule has 122 valence electrons. The third-order valence-electron chi connectivity index (χ3n) is 3.52. The Kier molecular flexibility index (Phi) is 5.10. The van der Waals surface area contributed by atoms with Gasteiger partial charge in [0.05, 0.1) is 0 Å². The molecule has 6 nitrogen and oxygen atoms in total. The number of carbonyl (C=O) groups is 3. The standard InChI is InChI=1S/C16H17FN2O4/c1-10(20)18-13(9-11-4-6-12(17)7-5-11)15(21)19-8-2-3-14(19)16(22)23/h4-7,9,14H,2-3,8H2,1H3,(H,18,20)(H,22,23)/b13-9-/t14-/m0/s1. The first kappa shape index (κ1) is 16.7. The lowest BCUT2D eigenvalue weighted by Crippen LogP contribution is -2.44. The molecule has 1 aromatic carbocycles. The minimum atomic E-state index is -1.07. The Morgan fingerprint density at radius 2 is 1.96 bits per heavy atom. The predicted octanol–water partition coefficient (Wildman–Crippen LogP) is 1.38. The van der Waals surface area contributed by atoms with E-state index >= 15 is 0 Å². The molecule has 1 atom stereocenters. The first-order valence-electron chi connectivity index (χ1n) is 7.17. The highest BCUT2D eigenvalue weighted by Gasteiger charge is 2.35. The molecule has 2 rings (SSSR count). The summed E-state index contributed by atoms with van der Waals surface area (Å²) in [5.74, 6) is -2.49. The van der Waals surface area contributed by atoms with Gasteiger partial charge in [-0.25, -0.2) is 9.18 Å². The van der Waals surface area contributed by atoms with Crippen LogP contribution in [0.1, 0.15) is 25.3 Å². The normalized spacial score (nSPS) is 17.9. The maximum atomic E-state index is 12.9. The number of rotatable bonds is 4. The van der Waals surface area contributed by atoms with Gasteiger partial charge in [0.1, 0.15) is 17.6 Å². The summed E-state index contributed by atoms with van der Waals surface area (Å²) in [6.45, 7) is 1.57. The van der Waals surface area contributed by atoms with Gasteiger partial charge in [-0.1, -0.05) is 12.1 Å². The van der Waals surface area contributed by atoms with Crippen molar-refractivity contribution in [1.82, 2.24) is 10.2 Å². The molecule has 1 fully saturated rings. The number of nitrogens with one attached hydrogen (secondary N) is 1. The highest BCUT2D eigenvalue weighted by atomic mass is 19.1. The SMILES string of the molecule is CC(=O)N/C(=C\c1ccc(F)cc1)C(=O)N1CCC[C@H]1C(=O)O. The molecule has 2 amide bonds. The number of carbonyl (C=O) groups excluding carboxylic acids is 2. The molecule has 0 bridgehead atoms. The number of carboxylic acids is 1. The lowest BCUT2D eigenvalue weighted by Gasteiger charge is -2.23. The van der Waals surface area contributed by atoms with Gasteiger partial charge in [-0.05, 0) is 36.6 Å². The average Bonchev–Trinajstić information content (AvgIpc) is 2.97. The van der Waals surface area contributed by atoms with E-state index in [9.17, 15) is 23.9 Å². The lowest BCUT2D eigenvalue weighted by atomic mass is 10.1. The number of benzene rings is 1. The Morgan fingerprint density at radius 3 is 2.52 bits per heavy atom. The van der Waals surface area contributed by atoms with Crippen LogP contribution >= 0.6 is 0 Å². The summed E-state index contributed by atoms with van der Waals surface area (Å²) in [4.78, 5) is 36.4. The Labute approximate surface area is 132 Å². The van der Waals surface area contributed by atoms with Crippen molar-refractivity contribution in [3.63, 3.8) is 0 Å². The molecule has 2 N–H and O–H groups in total. The minimum Gasteiger partial charge on any atom is -0.480 e. The molecule has 0 aliphatic carbocycles. The monoisotopic (exact) mass is 320 g/mol. The molecule has 0 unspecified atom stereocenters. The smallest absolute Gasteiger partial charge is 0.326 e. The number of nitrogens with zero attached hydrogens (tertiary/aromatic N) is 1. The second kappa shape index (κ2) is 7.04. The van der Waals surface area contributed by atoms with Crippen molar-refractivity contribution in [2.75, 3.05) is 6.54 Å². The van der Waals surface area contributed by atoms with E-state index in [4.69, 9.17) is 0 Å². The van der Waals surface area contributed by atoms with E-state index in [2.05, 4.69) is 5.32 Å². The molecule has 0 radical (unpaired) electrons. The lowest BCUT2D eigenvalue weighted by molar-refractivity contribution is -0.147. The number of hydrogen-bond donors (Lipinski definition) is 2. The number of hydrogen-bond acceptors (Lipinski definition) is 3. The zero-order chi connectivity index (χ0) is 17.0. The van der Waals surface area contributed by atoms with Gasteiger partial charge in [0, 0.05) is 13.5 Å². The van der Waals surface area contributed by atoms with Gasteiger partial charge in [-0.2, -0.15) is 0 Å². The number of carboxylic acid groups (broad SMARTS) is 1. The highest BCUT2D eigenvalue weighted by molar-refractivity contribution is 6.02. The quantitative estimate of drug-likeness (QED) is 0.821. The zero-order valence-corrected chi connectivity index (χ0v) is 12.6. The van der Waals surface area contributed by atoms with Crippen LogP contribution in [0.4, 0.5) is 4.39 Å². The zero-order valence-electron chi connectivity index (χ0n) is 12.6. The molecule has 0 saturated carbocycles. The van der Waals surface area contributed by atoms with Crippen LogP contribution < -0.4 is 5.32 Å². The van der Waals surface area contributed by atoms with E-state index in [1.165, 1.54) is 42.2 Å². The van der Waals surface area contributed by atoms with Crippen LogP contribution in [-0.2, 0) is 14.4 Å². The molecule has 1 aliphatic heterocycles. The number of amides is 2. The highest BCUT2D eigenvalue weighted by Crippen LogP contribution is 2.20. The minimum absolute atomic E-state index is 0.0303. The first-order chi connectivity index (χ1) is 10.9. The molecule has 1 aromatic rings. The van der Waals surface area contributed by atoms with Gasteiger partial charge in [0.15, 0.2) is 0 Å². The van der Waals surface area contributed by atoms with Crippen molar-refractivity contribution >= 4 is 23.9 Å². The average molecular weight is 320 g/mol. The van der Waals surface area contributed by atoms with Crippen molar-refractivity contribution in [1.29, 1.82) is 0 Å². The summed E-state index contributed by atoms with van der Waals surface area (Å²) < 4.78 is 12.9. The van der Waals surface area contributed by atoms with Crippen LogP contribution in [0.3, 0.4) is 0 Å². The van der Waals surface area contributed by atoms with Crippen LogP contribution in [0.2, 0.25) is 0 Å². The maximum absolute atomic E-state index is 12.9. The summed E-state index contributed by atoms with van der Waals surface area (Å²) in [6.07, 6.45) is 2.37. The van der Waals surface area contributed by atoms with Crippen LogP contribution in [-0.4, -0.2) is 40.4 Å². The fraction of sp³-hybridized carbons (Fsp3) is 0.312. The van der Waals surface area contributed by atoms with Gasteiger partial charge >= 0.3 is 5.97 Å². The van der Waals surface area contributed by atoms with E-state index < -0.39 is 29.6 Å². The number of halogens is 1. The van der Waals surface area contributed by atoms with E-state index in [1.54, 1.807) is 0 Å². The summed E-state index contributed by atoms with van der Waals surface area (Å²) in [5.41, 5.74) is 0.492. The molecule has 1 saturated heterocycles. The summed E-state index contributed by atoms with van der Waals surface area (Å²) >= 11 is 0. The van der Waals surface area contributed by atoms with Gasteiger partial charge < -0.3 is 15.3 Å². The van der Waals surface area contributed by atoms with Gasteiger partial charge in [0.2, 0.25) is 5.91 Å². The molecular formula is C16H17FN2O4. The first-order valence-corrected chi connectivity index (χ1v) is 7.17. The molecule has 7 heteroatoms. The summed E-state index contributed by atoms with van der Waals surface area (Å²) in [6, 6.07) is 4.49. The Morgan fingerprint density at radius 1 is 1.30 bits per heavy atom. The van der Waals surface area contributed by atoms with Crippen LogP contribution in [0.15, 0.2) is 30.0 Å². The topological polar surface area (TPSA) is 86.7 Å². The molecule has 1 heterocycles. The second-order valence-corrected chi connectivity index (χ2v) is 5.29. The largest absolute Gasteiger partial charge is 0.480 e. The summed E-state index contributed by atoms with van der Waals surface area (Å²) in [5, 5.41) is 11.6. The third kappa shape index (κ3) is 4.15. The fourth-order valence-electron chi connectivity index (χ4n) is 2.49. The Hall–Kier alpha value is -2.70. The van der Waals surface area contributed by atoms with Crippen molar-refractivity contribution in [3.05, 3.63) is 41.3 Å². The second-order valence-electron chi connectivity index (χ2n) is 5.29. The van der Waals surface area contributed by atoms with E-state index in [0.29, 0.717) is 24.9 Å². The summed E-state index contributed by atoms with van der Waals surface area (Å²) in [7, 11) is 0. The Balaban J connectivity index is 2.30. The number of aliphatic carboxylic acids is 1. The van der Waals surface area contributed by atoms with Crippen LogP contribution in [0.5, 0.6) is 0 Å². The number of likely N-dealkylation sites (tertiary alicyclic amines) is 1. The van der Waals surface area contributed by atoms with E-state index in [0.717, 1.165) is 0 Å². The predicted molar refractivity (Wildman–Crippen MR) is 80.6 cm³/mol. The van der Waals surface area contributed by atoms with Crippen molar-refractivity contribution in [2.45, 2.75) is 25.8 Å². The van der Waals surface area contributed by atoms with Crippen molar-refractivity contribution in [2.24, 2.45) is 0 Å². The van der Waals surface area contributed by atoms with Gasteiger partial charge in [-0.3, -0.25) is 9.59 Å². The molecule has 0 aromatic heterocycles. The van der Waals surface area contributed by atoms with Crippen LogP contribution in [0.25, 0.3) is 6.08 Å². The third-order valence-corrected chi connectivity index (χ3v) is 3.52. The maximum Gasteiger partial charge on any atom is 0.326 e. The molecule has 23 heavy (non-hydrogen) atoms. The molecule has 0 spiro atoms. The molecular weight excluding hydrogens is 303 g/mol. The van der Waals surface area contributed by atoms with Gasteiger partial charge in [0.25, 0.3) is 5.91 Å². The Bertz CT molecular complexity index is 655. The molecule has 1 aliphatic rings. The van der Waals surface area contributed by atoms with Crippen molar-refractivity contribution in [3.8, 4) is 0 Å². The van der Waals surface area contributed by atoms with Crippen LogP contribution in [0, 0.1) is 5.82 Å². The van der Waals surface area contributed by atoms with Gasteiger partial charge in [-0.15, -0.1) is 0 Å².